The van der Waals surface area contributed by atoms with E-state index in [0.29, 0.717) is 13.0 Å². The van der Waals surface area contributed by atoms with E-state index in [2.05, 4.69) is 20.8 Å². The smallest absolute Gasteiger partial charge is 0.307 e. The molecule has 1 aliphatic carbocycles. The van der Waals surface area contributed by atoms with E-state index in [1.807, 2.05) is 0 Å². The van der Waals surface area contributed by atoms with Gasteiger partial charge in [-0.2, -0.15) is 0 Å². The predicted octanol–water partition coefficient (Wildman–Crippen LogP) is 2.48. The van der Waals surface area contributed by atoms with E-state index in [1.165, 1.54) is 12.8 Å². The molecule has 0 aromatic carbocycles. The number of rotatable bonds is 6. The Morgan fingerprint density at radius 3 is 2.56 bits per heavy atom. The Morgan fingerprint density at radius 1 is 1.44 bits per heavy atom. The van der Waals surface area contributed by atoms with Crippen molar-refractivity contribution in [2.24, 2.45) is 17.1 Å². The van der Waals surface area contributed by atoms with Gasteiger partial charge in [0.25, 0.3) is 0 Å². The molecule has 0 spiro atoms. The third kappa shape index (κ3) is 6.83. The first-order chi connectivity index (χ1) is 7.37. The Kier molecular flexibility index (Phi) is 4.78. The average molecular weight is 227 g/mol. The van der Waals surface area contributed by atoms with Crippen LogP contribution in [0.25, 0.3) is 0 Å². The summed E-state index contributed by atoms with van der Waals surface area (Å²) in [6.45, 7) is 6.97. The molecule has 16 heavy (non-hydrogen) atoms. The van der Waals surface area contributed by atoms with Crippen LogP contribution in [0.15, 0.2) is 0 Å². The van der Waals surface area contributed by atoms with Crippen LogP contribution in [0.1, 0.15) is 52.9 Å². The fraction of sp³-hybridized carbons (Fsp3) is 0.923. The Hall–Kier alpha value is -0.570. The number of hydrogen-bond acceptors (Lipinski definition) is 3. The summed E-state index contributed by atoms with van der Waals surface area (Å²) in [4.78, 5) is 11.4. The van der Waals surface area contributed by atoms with Gasteiger partial charge in [-0.3, -0.25) is 4.79 Å². The number of carbonyl (C=O) groups is 1. The molecule has 0 saturated heterocycles. The lowest BCUT2D eigenvalue weighted by Crippen LogP contribution is -2.29. The Morgan fingerprint density at radius 2 is 2.06 bits per heavy atom. The SMILES string of the molecule is CC(C)(C)CC(N)CC(=O)OCCC1CC1. The number of nitrogens with two attached hydrogens (primary N) is 1. The number of esters is 1. The van der Waals surface area contributed by atoms with Crippen molar-refractivity contribution in [3.63, 3.8) is 0 Å². The summed E-state index contributed by atoms with van der Waals surface area (Å²) in [7, 11) is 0. The topological polar surface area (TPSA) is 52.3 Å². The van der Waals surface area contributed by atoms with Crippen molar-refractivity contribution in [2.45, 2.75) is 58.9 Å². The lowest BCUT2D eigenvalue weighted by atomic mass is 9.87. The molecule has 1 aliphatic rings. The van der Waals surface area contributed by atoms with E-state index in [-0.39, 0.29) is 17.4 Å². The second-order valence-electron chi connectivity index (χ2n) is 6.18. The molecule has 1 saturated carbocycles. The van der Waals surface area contributed by atoms with Crippen molar-refractivity contribution in [3.05, 3.63) is 0 Å². The minimum absolute atomic E-state index is 0.0755. The summed E-state index contributed by atoms with van der Waals surface area (Å²) < 4.78 is 5.16. The molecule has 1 unspecified atom stereocenters. The van der Waals surface area contributed by atoms with E-state index in [1.54, 1.807) is 0 Å². The minimum atomic E-state index is -0.141. The minimum Gasteiger partial charge on any atom is -0.466 e. The highest BCUT2D eigenvalue weighted by atomic mass is 16.5. The highest BCUT2D eigenvalue weighted by Crippen LogP contribution is 2.32. The molecule has 0 aromatic heterocycles. The van der Waals surface area contributed by atoms with Gasteiger partial charge in [0.15, 0.2) is 0 Å². The van der Waals surface area contributed by atoms with E-state index >= 15 is 0 Å². The van der Waals surface area contributed by atoms with Crippen LogP contribution in [0, 0.1) is 11.3 Å². The summed E-state index contributed by atoms with van der Waals surface area (Å²) in [6, 6.07) is -0.0755. The van der Waals surface area contributed by atoms with Gasteiger partial charge in [-0.05, 0) is 24.2 Å². The molecule has 94 valence electrons. The summed E-state index contributed by atoms with van der Waals surface area (Å²) >= 11 is 0. The molecular weight excluding hydrogens is 202 g/mol. The second-order valence-corrected chi connectivity index (χ2v) is 6.18. The molecule has 0 aliphatic heterocycles. The standard InChI is InChI=1S/C13H25NO2/c1-13(2,3)9-11(14)8-12(15)16-7-6-10-4-5-10/h10-11H,4-9,14H2,1-3H3. The predicted molar refractivity (Wildman–Crippen MR) is 65.0 cm³/mol. The molecule has 1 atom stereocenters. The van der Waals surface area contributed by atoms with Crippen molar-refractivity contribution in [1.82, 2.24) is 0 Å². The third-order valence-electron chi connectivity index (χ3n) is 2.79. The van der Waals surface area contributed by atoms with Crippen LogP contribution in [0.2, 0.25) is 0 Å². The quantitative estimate of drug-likeness (QED) is 0.709. The van der Waals surface area contributed by atoms with Gasteiger partial charge in [-0.15, -0.1) is 0 Å². The molecule has 3 heteroatoms. The molecule has 0 radical (unpaired) electrons. The van der Waals surface area contributed by atoms with Crippen molar-refractivity contribution in [3.8, 4) is 0 Å². The van der Waals surface area contributed by atoms with Crippen molar-refractivity contribution < 1.29 is 9.53 Å². The zero-order valence-electron chi connectivity index (χ0n) is 10.8. The van der Waals surface area contributed by atoms with Crippen LogP contribution in [0.5, 0.6) is 0 Å². The summed E-state index contributed by atoms with van der Waals surface area (Å²) in [6.07, 6.45) is 4.84. The monoisotopic (exact) mass is 227 g/mol. The molecule has 1 rings (SSSR count). The molecule has 2 N–H and O–H groups in total. The van der Waals surface area contributed by atoms with E-state index in [0.717, 1.165) is 18.8 Å². The van der Waals surface area contributed by atoms with Gasteiger partial charge in [0.2, 0.25) is 0 Å². The maximum atomic E-state index is 11.4. The first-order valence-corrected chi connectivity index (χ1v) is 6.28. The van der Waals surface area contributed by atoms with E-state index in [4.69, 9.17) is 10.5 Å². The van der Waals surface area contributed by atoms with Gasteiger partial charge in [0, 0.05) is 6.04 Å². The van der Waals surface area contributed by atoms with Gasteiger partial charge in [0.1, 0.15) is 0 Å². The number of hydrogen-bond donors (Lipinski definition) is 1. The molecule has 0 bridgehead atoms. The molecule has 3 nitrogen and oxygen atoms in total. The summed E-state index contributed by atoms with van der Waals surface area (Å²) in [5.41, 5.74) is 6.08. The first-order valence-electron chi connectivity index (χ1n) is 6.28. The fourth-order valence-electron chi connectivity index (χ4n) is 1.88. The van der Waals surface area contributed by atoms with Crippen LogP contribution < -0.4 is 5.73 Å². The lowest BCUT2D eigenvalue weighted by molar-refractivity contribution is -0.144. The number of carbonyl (C=O) groups excluding carboxylic acids is 1. The van der Waals surface area contributed by atoms with E-state index in [9.17, 15) is 4.79 Å². The van der Waals surface area contributed by atoms with Crippen LogP contribution >= 0.6 is 0 Å². The first kappa shape index (κ1) is 13.5. The van der Waals surface area contributed by atoms with Gasteiger partial charge < -0.3 is 10.5 Å². The van der Waals surface area contributed by atoms with Crippen molar-refractivity contribution in [1.29, 1.82) is 0 Å². The lowest BCUT2D eigenvalue weighted by Gasteiger charge is -2.22. The maximum absolute atomic E-state index is 11.4. The van der Waals surface area contributed by atoms with Crippen LogP contribution in [-0.2, 0) is 9.53 Å². The van der Waals surface area contributed by atoms with Crippen molar-refractivity contribution in [2.75, 3.05) is 6.61 Å². The van der Waals surface area contributed by atoms with Crippen LogP contribution in [0.3, 0.4) is 0 Å². The van der Waals surface area contributed by atoms with Gasteiger partial charge in [0.05, 0.1) is 13.0 Å². The molecule has 1 fully saturated rings. The average Bonchev–Trinajstić information content (AvgIpc) is 2.83. The molecule has 0 heterocycles. The highest BCUT2D eigenvalue weighted by molar-refractivity contribution is 5.70. The summed E-state index contributed by atoms with van der Waals surface area (Å²) in [5, 5.41) is 0. The van der Waals surface area contributed by atoms with Crippen molar-refractivity contribution >= 4 is 5.97 Å². The van der Waals surface area contributed by atoms with E-state index < -0.39 is 0 Å². The molecular formula is C13H25NO2. The Bertz CT molecular complexity index is 229. The largest absolute Gasteiger partial charge is 0.466 e. The van der Waals surface area contributed by atoms with Crippen LogP contribution in [0.4, 0.5) is 0 Å². The zero-order chi connectivity index (χ0) is 12.2. The van der Waals surface area contributed by atoms with Gasteiger partial charge in [-0.25, -0.2) is 0 Å². The number of ether oxygens (including phenoxy) is 1. The molecule has 0 aromatic rings. The third-order valence-corrected chi connectivity index (χ3v) is 2.79. The van der Waals surface area contributed by atoms with Gasteiger partial charge in [-0.1, -0.05) is 33.6 Å². The molecule has 0 amide bonds. The fourth-order valence-corrected chi connectivity index (χ4v) is 1.88. The zero-order valence-corrected chi connectivity index (χ0v) is 10.8. The maximum Gasteiger partial charge on any atom is 0.307 e. The van der Waals surface area contributed by atoms with Crippen LogP contribution in [-0.4, -0.2) is 18.6 Å². The second kappa shape index (κ2) is 5.67. The highest BCUT2D eigenvalue weighted by Gasteiger charge is 2.22. The summed E-state index contributed by atoms with van der Waals surface area (Å²) in [5.74, 6) is 0.674. The Labute approximate surface area is 98.7 Å². The Balaban J connectivity index is 2.07. The normalized spacial score (nSPS) is 18.2. The van der Waals surface area contributed by atoms with Gasteiger partial charge >= 0.3 is 5.97 Å².